The number of ketones is 1. The van der Waals surface area contributed by atoms with Gasteiger partial charge in [-0.3, -0.25) is 14.4 Å². The molecule has 2 aliphatic carbocycles. The van der Waals surface area contributed by atoms with Crippen LogP contribution >= 0.6 is 0 Å². The van der Waals surface area contributed by atoms with Gasteiger partial charge in [0.25, 0.3) is 0 Å². The smallest absolute Gasteiger partial charge is 0.308 e. The Morgan fingerprint density at radius 3 is 1.80 bits per heavy atom. The molecule has 1 saturated carbocycles. The molecule has 2 N–H and O–H groups in total. The monoisotopic (exact) mass is 463 g/mol. The topological polar surface area (TPSA) is 83.5 Å². The molecule has 2 aliphatic rings. The number of anilines is 1. The summed E-state index contributed by atoms with van der Waals surface area (Å²) in [4.78, 5) is 37.8. The summed E-state index contributed by atoms with van der Waals surface area (Å²) in [6.07, 6.45) is 3.91. The number of carboxylic acids is 1. The third kappa shape index (κ3) is 4.10. The van der Waals surface area contributed by atoms with Crippen molar-refractivity contribution in [3.63, 3.8) is 0 Å². The fraction of sp³-hybridized carbons (Fsp3) is 0.167. The number of rotatable bonds is 6. The maximum absolute atomic E-state index is 13.5. The second kappa shape index (κ2) is 9.18. The predicted octanol–water partition coefficient (Wildman–Crippen LogP) is 5.46. The van der Waals surface area contributed by atoms with E-state index in [2.05, 4.69) is 5.32 Å². The van der Waals surface area contributed by atoms with E-state index in [0.717, 1.165) is 22.3 Å². The van der Waals surface area contributed by atoms with Crippen molar-refractivity contribution in [3.05, 3.63) is 119 Å². The highest BCUT2D eigenvalue weighted by molar-refractivity contribution is 6.00. The van der Waals surface area contributed by atoms with Crippen LogP contribution in [0.2, 0.25) is 0 Å². The summed E-state index contributed by atoms with van der Waals surface area (Å²) in [6.45, 7) is 1.47. The summed E-state index contributed by atoms with van der Waals surface area (Å²) < 4.78 is 0. The Kier molecular flexibility index (Phi) is 5.91. The SMILES string of the molecule is CC(=O)c1cccc(NC(=O)[C@@H]2[C@@H](C(=O)O)[C@H]3C=C[C@@H]2C3=C(c2ccccc2)c2ccccc2)c1. The second-order valence-electron chi connectivity index (χ2n) is 9.01. The molecule has 0 spiro atoms. The van der Waals surface area contributed by atoms with Gasteiger partial charge in [-0.1, -0.05) is 84.9 Å². The first-order chi connectivity index (χ1) is 17.0. The molecule has 4 atom stereocenters. The van der Waals surface area contributed by atoms with Crippen molar-refractivity contribution in [2.45, 2.75) is 6.92 Å². The Balaban J connectivity index is 1.60. The van der Waals surface area contributed by atoms with Gasteiger partial charge in [0, 0.05) is 23.1 Å². The fourth-order valence-electron chi connectivity index (χ4n) is 5.46. The summed E-state index contributed by atoms with van der Waals surface area (Å²) in [7, 11) is 0. The Labute approximate surface area is 203 Å². The van der Waals surface area contributed by atoms with E-state index in [1.54, 1.807) is 24.3 Å². The van der Waals surface area contributed by atoms with Gasteiger partial charge in [-0.15, -0.1) is 0 Å². The predicted molar refractivity (Wildman–Crippen MR) is 135 cm³/mol. The van der Waals surface area contributed by atoms with Gasteiger partial charge in [-0.2, -0.15) is 0 Å². The summed E-state index contributed by atoms with van der Waals surface area (Å²) >= 11 is 0. The van der Waals surface area contributed by atoms with Gasteiger partial charge in [0.1, 0.15) is 0 Å². The molecule has 5 rings (SSSR count). The number of aliphatic carboxylic acids is 1. The largest absolute Gasteiger partial charge is 0.481 e. The molecular weight excluding hydrogens is 438 g/mol. The lowest BCUT2D eigenvalue weighted by atomic mass is 9.82. The fourth-order valence-corrected chi connectivity index (χ4v) is 5.46. The number of hydrogen-bond donors (Lipinski definition) is 2. The van der Waals surface area contributed by atoms with Crippen LogP contribution in [-0.4, -0.2) is 22.8 Å². The normalized spacial score (nSPS) is 22.1. The van der Waals surface area contributed by atoms with Gasteiger partial charge in [-0.25, -0.2) is 0 Å². The lowest BCUT2D eigenvalue weighted by Crippen LogP contribution is -2.36. The minimum atomic E-state index is -0.988. The second-order valence-corrected chi connectivity index (χ2v) is 9.01. The van der Waals surface area contributed by atoms with Crippen LogP contribution in [0, 0.1) is 23.7 Å². The first-order valence-corrected chi connectivity index (χ1v) is 11.6. The van der Waals surface area contributed by atoms with Gasteiger partial charge >= 0.3 is 5.97 Å². The number of nitrogens with one attached hydrogen (secondary N) is 1. The van der Waals surface area contributed by atoms with Gasteiger partial charge in [-0.05, 0) is 41.3 Å². The highest BCUT2D eigenvalue weighted by Crippen LogP contribution is 2.55. The number of fused-ring (bicyclic) bond motifs is 2. The minimum Gasteiger partial charge on any atom is -0.481 e. The Hall–Kier alpha value is -4.25. The number of carboxylic acid groups (broad SMARTS) is 1. The van der Waals surface area contributed by atoms with Crippen LogP contribution in [0.3, 0.4) is 0 Å². The molecule has 174 valence electrons. The highest BCUT2D eigenvalue weighted by atomic mass is 16.4. The third-order valence-corrected chi connectivity index (χ3v) is 6.94. The number of Topliss-reactive ketones (excluding diaryl/α,β-unsaturated/α-hetero) is 1. The zero-order chi connectivity index (χ0) is 24.5. The number of amides is 1. The molecule has 0 saturated heterocycles. The summed E-state index contributed by atoms with van der Waals surface area (Å²) in [5.74, 6) is -3.81. The minimum absolute atomic E-state index is 0.104. The molecule has 1 fully saturated rings. The molecular formula is C30H25NO4. The van der Waals surface area contributed by atoms with Crippen LogP contribution < -0.4 is 5.32 Å². The van der Waals surface area contributed by atoms with Gasteiger partial charge < -0.3 is 10.4 Å². The molecule has 35 heavy (non-hydrogen) atoms. The summed E-state index contributed by atoms with van der Waals surface area (Å²) in [5.41, 5.74) is 4.90. The van der Waals surface area contributed by atoms with Gasteiger partial charge in [0.05, 0.1) is 11.8 Å². The van der Waals surface area contributed by atoms with Crippen LogP contribution in [0.5, 0.6) is 0 Å². The van der Waals surface area contributed by atoms with E-state index in [9.17, 15) is 19.5 Å². The molecule has 3 aromatic rings. The van der Waals surface area contributed by atoms with Crippen molar-refractivity contribution < 1.29 is 19.5 Å². The number of hydrogen-bond acceptors (Lipinski definition) is 3. The Bertz CT molecular complexity index is 1320. The molecule has 0 aliphatic heterocycles. The molecule has 0 heterocycles. The van der Waals surface area contributed by atoms with Crippen molar-refractivity contribution in [1.82, 2.24) is 0 Å². The van der Waals surface area contributed by atoms with Crippen LogP contribution in [0.25, 0.3) is 5.57 Å². The zero-order valence-electron chi connectivity index (χ0n) is 19.2. The van der Waals surface area contributed by atoms with Crippen LogP contribution in [0.15, 0.2) is 103 Å². The van der Waals surface area contributed by atoms with E-state index in [4.69, 9.17) is 0 Å². The van der Waals surface area contributed by atoms with E-state index in [-0.39, 0.29) is 23.5 Å². The molecule has 5 nitrogen and oxygen atoms in total. The van der Waals surface area contributed by atoms with Crippen molar-refractivity contribution in [2.75, 3.05) is 5.32 Å². The number of benzene rings is 3. The maximum atomic E-state index is 13.5. The quantitative estimate of drug-likeness (QED) is 0.375. The molecule has 1 amide bonds. The maximum Gasteiger partial charge on any atom is 0.308 e. The standard InChI is InChI=1S/C30H25NO4/c1-18(32)21-13-8-14-22(17-21)31-29(33)27-23-15-16-24(28(27)30(34)35)26(23)25(19-9-4-2-5-10-19)20-11-6-3-7-12-20/h2-17,23-24,27-28H,1H3,(H,31,33)(H,34,35)/t23-,24+,27+,28+/m1/s1. The van der Waals surface area contributed by atoms with Crippen LogP contribution in [0.1, 0.15) is 28.4 Å². The Morgan fingerprint density at radius 2 is 1.26 bits per heavy atom. The van der Waals surface area contributed by atoms with E-state index in [1.165, 1.54) is 6.92 Å². The van der Waals surface area contributed by atoms with Crippen molar-refractivity contribution in [3.8, 4) is 0 Å². The highest BCUT2D eigenvalue weighted by Gasteiger charge is 2.55. The van der Waals surface area contributed by atoms with Crippen LogP contribution in [0.4, 0.5) is 5.69 Å². The van der Waals surface area contributed by atoms with E-state index in [0.29, 0.717) is 11.3 Å². The molecule has 5 heteroatoms. The van der Waals surface area contributed by atoms with E-state index in [1.807, 2.05) is 72.8 Å². The molecule has 2 bridgehead atoms. The summed E-state index contributed by atoms with van der Waals surface area (Å²) in [5, 5.41) is 13.1. The molecule has 0 radical (unpaired) electrons. The molecule has 0 aromatic heterocycles. The van der Waals surface area contributed by atoms with Crippen molar-refractivity contribution in [2.24, 2.45) is 23.7 Å². The van der Waals surface area contributed by atoms with E-state index >= 15 is 0 Å². The first kappa shape index (κ1) is 22.5. The molecule has 0 unspecified atom stereocenters. The van der Waals surface area contributed by atoms with Gasteiger partial charge in [0.2, 0.25) is 5.91 Å². The lowest BCUT2D eigenvalue weighted by Gasteiger charge is -2.23. The average molecular weight is 464 g/mol. The number of carbonyl (C=O) groups excluding carboxylic acids is 2. The molecule has 3 aromatic carbocycles. The third-order valence-electron chi connectivity index (χ3n) is 6.94. The average Bonchev–Trinajstić information content (AvgIpc) is 3.42. The first-order valence-electron chi connectivity index (χ1n) is 11.6. The van der Waals surface area contributed by atoms with Crippen molar-refractivity contribution >= 4 is 28.9 Å². The number of carbonyl (C=O) groups is 3. The van der Waals surface area contributed by atoms with E-state index < -0.39 is 17.8 Å². The zero-order valence-corrected chi connectivity index (χ0v) is 19.2. The van der Waals surface area contributed by atoms with Gasteiger partial charge in [0.15, 0.2) is 5.78 Å². The lowest BCUT2D eigenvalue weighted by molar-refractivity contribution is -0.146. The Morgan fingerprint density at radius 1 is 0.714 bits per heavy atom. The van der Waals surface area contributed by atoms with Crippen LogP contribution in [-0.2, 0) is 9.59 Å². The summed E-state index contributed by atoms with van der Waals surface area (Å²) in [6, 6.07) is 26.5. The number of allylic oxidation sites excluding steroid dienone is 3. The van der Waals surface area contributed by atoms with Crippen molar-refractivity contribution in [1.29, 1.82) is 0 Å².